The van der Waals surface area contributed by atoms with Crippen molar-refractivity contribution in [1.29, 1.82) is 0 Å². The van der Waals surface area contributed by atoms with Gasteiger partial charge >= 0.3 is 6.09 Å². The number of piperidine rings is 1. The van der Waals surface area contributed by atoms with Crippen molar-refractivity contribution in [1.82, 2.24) is 9.88 Å². The minimum atomic E-state index is -0.585. The zero-order valence-corrected chi connectivity index (χ0v) is 18.1. The standard InChI is InChI=1S/C24H33N3O2/c1-5-17-26-18-10-9-15-21(26)20-14-11-16-25-22(20)27(19-12-7-6-8-13-19)23(28)29-24(2,3)4/h6-8,11-14,16,21H,5,9-10,15,17-18H2,1-4H3. The van der Waals surface area contributed by atoms with Gasteiger partial charge in [0.05, 0.1) is 5.69 Å². The van der Waals surface area contributed by atoms with E-state index in [9.17, 15) is 4.79 Å². The van der Waals surface area contributed by atoms with E-state index in [1.54, 1.807) is 11.1 Å². The van der Waals surface area contributed by atoms with Gasteiger partial charge in [-0.3, -0.25) is 4.90 Å². The van der Waals surface area contributed by atoms with Gasteiger partial charge in [0.25, 0.3) is 0 Å². The van der Waals surface area contributed by atoms with Crippen LogP contribution in [0.15, 0.2) is 48.7 Å². The predicted octanol–water partition coefficient (Wildman–Crippen LogP) is 6.09. The Balaban J connectivity index is 2.06. The van der Waals surface area contributed by atoms with E-state index >= 15 is 0 Å². The highest BCUT2D eigenvalue weighted by Gasteiger charge is 2.32. The number of likely N-dealkylation sites (tertiary alicyclic amines) is 1. The summed E-state index contributed by atoms with van der Waals surface area (Å²) in [6.45, 7) is 10.0. The number of para-hydroxylation sites is 1. The molecule has 1 fully saturated rings. The first kappa shape index (κ1) is 21.3. The first-order valence-electron chi connectivity index (χ1n) is 10.7. The fourth-order valence-corrected chi connectivity index (χ4v) is 3.95. The Kier molecular flexibility index (Phi) is 6.91. The molecule has 1 aromatic heterocycles. The van der Waals surface area contributed by atoms with Gasteiger partial charge in [0.2, 0.25) is 0 Å². The Morgan fingerprint density at radius 1 is 1.17 bits per heavy atom. The van der Waals surface area contributed by atoms with Gasteiger partial charge < -0.3 is 4.74 Å². The number of nitrogens with zero attached hydrogens (tertiary/aromatic N) is 3. The van der Waals surface area contributed by atoms with Crippen molar-refractivity contribution in [2.45, 2.75) is 65.0 Å². The lowest BCUT2D eigenvalue weighted by molar-refractivity contribution is 0.0597. The summed E-state index contributed by atoms with van der Waals surface area (Å²) in [4.78, 5) is 22.1. The first-order valence-corrected chi connectivity index (χ1v) is 10.7. The van der Waals surface area contributed by atoms with Gasteiger partial charge in [-0.2, -0.15) is 0 Å². The third-order valence-electron chi connectivity index (χ3n) is 5.10. The second kappa shape index (κ2) is 9.40. The van der Waals surface area contributed by atoms with Crippen LogP contribution in [0.2, 0.25) is 0 Å². The van der Waals surface area contributed by atoms with E-state index in [2.05, 4.69) is 22.9 Å². The lowest BCUT2D eigenvalue weighted by Crippen LogP contribution is -2.37. The van der Waals surface area contributed by atoms with Crippen LogP contribution in [0.5, 0.6) is 0 Å². The average molecular weight is 396 g/mol. The minimum Gasteiger partial charge on any atom is -0.443 e. The van der Waals surface area contributed by atoms with Crippen LogP contribution in [0.25, 0.3) is 0 Å². The Morgan fingerprint density at radius 3 is 2.62 bits per heavy atom. The van der Waals surface area contributed by atoms with E-state index in [1.165, 1.54) is 12.8 Å². The second-order valence-electron chi connectivity index (χ2n) is 8.62. The summed E-state index contributed by atoms with van der Waals surface area (Å²) in [5.41, 5.74) is 1.27. The molecule has 0 spiro atoms. The Morgan fingerprint density at radius 2 is 1.93 bits per heavy atom. The molecule has 1 amide bonds. The average Bonchev–Trinajstić information content (AvgIpc) is 2.69. The Labute approximate surface area is 174 Å². The number of aromatic nitrogens is 1. The Hall–Kier alpha value is -2.40. The molecule has 0 N–H and O–H groups in total. The van der Waals surface area contributed by atoms with Crippen molar-refractivity contribution < 1.29 is 9.53 Å². The monoisotopic (exact) mass is 395 g/mol. The van der Waals surface area contributed by atoms with Crippen molar-refractivity contribution >= 4 is 17.6 Å². The second-order valence-corrected chi connectivity index (χ2v) is 8.62. The van der Waals surface area contributed by atoms with E-state index in [4.69, 9.17) is 4.74 Å². The summed E-state index contributed by atoms with van der Waals surface area (Å²) in [5.74, 6) is 0.668. The molecule has 0 bridgehead atoms. The number of anilines is 2. The van der Waals surface area contributed by atoms with Crippen LogP contribution in [0.1, 0.15) is 65.0 Å². The molecule has 1 aromatic carbocycles. The number of carbonyl (C=O) groups excluding carboxylic acids is 1. The molecule has 1 atom stereocenters. The van der Waals surface area contributed by atoms with Crippen molar-refractivity contribution in [3.63, 3.8) is 0 Å². The fourth-order valence-electron chi connectivity index (χ4n) is 3.95. The number of ether oxygens (including phenoxy) is 1. The van der Waals surface area contributed by atoms with Gasteiger partial charge in [0, 0.05) is 17.8 Å². The number of benzene rings is 1. The van der Waals surface area contributed by atoms with Crippen molar-refractivity contribution in [3.8, 4) is 0 Å². The zero-order valence-electron chi connectivity index (χ0n) is 18.1. The molecule has 3 rings (SSSR count). The lowest BCUT2D eigenvalue weighted by atomic mass is 9.95. The molecule has 1 saturated heterocycles. The zero-order chi connectivity index (χ0) is 20.9. The van der Waals surface area contributed by atoms with Crippen LogP contribution in [0, 0.1) is 0 Å². The maximum absolute atomic E-state index is 13.3. The topological polar surface area (TPSA) is 45.7 Å². The van der Waals surface area contributed by atoms with Crippen LogP contribution in [0.4, 0.5) is 16.3 Å². The third-order valence-corrected chi connectivity index (χ3v) is 5.10. The van der Waals surface area contributed by atoms with E-state index < -0.39 is 11.7 Å². The van der Waals surface area contributed by atoms with Crippen molar-refractivity contribution in [2.75, 3.05) is 18.0 Å². The van der Waals surface area contributed by atoms with Crippen LogP contribution in [-0.4, -0.2) is 34.7 Å². The van der Waals surface area contributed by atoms with Gasteiger partial charge in [-0.1, -0.05) is 37.6 Å². The van der Waals surface area contributed by atoms with Crippen molar-refractivity contribution in [2.24, 2.45) is 0 Å². The maximum atomic E-state index is 13.3. The number of pyridine rings is 1. The van der Waals surface area contributed by atoms with Gasteiger partial charge in [0.1, 0.15) is 11.4 Å². The highest BCUT2D eigenvalue weighted by molar-refractivity contribution is 5.96. The number of amides is 1. The van der Waals surface area contributed by atoms with Gasteiger partial charge in [-0.25, -0.2) is 14.7 Å². The van der Waals surface area contributed by atoms with E-state index in [0.29, 0.717) is 5.82 Å². The number of hydrogen-bond acceptors (Lipinski definition) is 4. The van der Waals surface area contributed by atoms with E-state index in [1.807, 2.05) is 57.2 Å². The molecule has 1 aliphatic heterocycles. The van der Waals surface area contributed by atoms with Gasteiger partial charge in [0.15, 0.2) is 0 Å². The number of carbonyl (C=O) groups is 1. The van der Waals surface area contributed by atoms with E-state index in [0.717, 1.165) is 37.2 Å². The molecular formula is C24H33N3O2. The summed E-state index contributed by atoms with van der Waals surface area (Å²) in [5, 5.41) is 0. The molecule has 5 nitrogen and oxygen atoms in total. The SMILES string of the molecule is CCCN1CCCCC1c1cccnc1N(C(=O)OC(C)(C)C)c1ccccc1. The largest absolute Gasteiger partial charge is 0.443 e. The molecule has 2 heterocycles. The summed E-state index contributed by atoms with van der Waals surface area (Å²) in [6, 6.07) is 14.0. The van der Waals surface area contributed by atoms with Crippen LogP contribution in [-0.2, 0) is 4.74 Å². The molecule has 29 heavy (non-hydrogen) atoms. The number of hydrogen-bond donors (Lipinski definition) is 0. The normalized spacial score (nSPS) is 17.7. The maximum Gasteiger partial charge on any atom is 0.420 e. The van der Waals surface area contributed by atoms with Crippen molar-refractivity contribution in [3.05, 3.63) is 54.2 Å². The molecule has 0 aliphatic carbocycles. The molecule has 156 valence electrons. The van der Waals surface area contributed by atoms with Gasteiger partial charge in [-0.05, 0) is 71.3 Å². The molecule has 1 aliphatic rings. The molecule has 0 radical (unpaired) electrons. The molecule has 0 saturated carbocycles. The third kappa shape index (κ3) is 5.36. The molecule has 5 heteroatoms. The summed E-state index contributed by atoms with van der Waals surface area (Å²) in [7, 11) is 0. The first-order chi connectivity index (χ1) is 13.9. The summed E-state index contributed by atoms with van der Waals surface area (Å²) in [6.07, 6.45) is 5.96. The van der Waals surface area contributed by atoms with E-state index in [-0.39, 0.29) is 6.04 Å². The Bertz CT molecular complexity index is 799. The predicted molar refractivity (Wildman–Crippen MR) is 118 cm³/mol. The highest BCUT2D eigenvalue weighted by Crippen LogP contribution is 2.38. The van der Waals surface area contributed by atoms with Crippen LogP contribution < -0.4 is 4.90 Å². The number of rotatable bonds is 5. The molecule has 2 aromatic rings. The molecule has 1 unspecified atom stereocenters. The summed E-state index contributed by atoms with van der Waals surface area (Å²) >= 11 is 0. The quantitative estimate of drug-likeness (QED) is 0.614. The minimum absolute atomic E-state index is 0.265. The van der Waals surface area contributed by atoms with Gasteiger partial charge in [-0.15, -0.1) is 0 Å². The van der Waals surface area contributed by atoms with Crippen LogP contribution in [0.3, 0.4) is 0 Å². The lowest BCUT2D eigenvalue weighted by Gasteiger charge is -2.37. The highest BCUT2D eigenvalue weighted by atomic mass is 16.6. The van der Waals surface area contributed by atoms with Crippen LogP contribution >= 0.6 is 0 Å². The summed E-state index contributed by atoms with van der Waals surface area (Å²) < 4.78 is 5.76. The smallest absolute Gasteiger partial charge is 0.420 e. The fraction of sp³-hybridized carbons (Fsp3) is 0.500. The molecular weight excluding hydrogens is 362 g/mol.